The highest BCUT2D eigenvalue weighted by molar-refractivity contribution is 5.76. The van der Waals surface area contributed by atoms with Crippen LogP contribution in [-0.4, -0.2) is 20.2 Å². The fourth-order valence-corrected chi connectivity index (χ4v) is 2.36. The SMILES string of the molecule is Cc1ccc([C@@H](C)c2n[nH]c3c(=O)[nH]c(C)nc23)cc1. The Balaban J connectivity index is 2.14. The summed E-state index contributed by atoms with van der Waals surface area (Å²) in [4.78, 5) is 18.9. The Hall–Kier alpha value is -2.43. The first kappa shape index (κ1) is 12.6. The summed E-state index contributed by atoms with van der Waals surface area (Å²) in [5.41, 5.74) is 4.09. The molecule has 0 saturated heterocycles. The molecule has 1 atom stereocenters. The van der Waals surface area contributed by atoms with Crippen LogP contribution in [0.1, 0.15) is 35.5 Å². The zero-order valence-electron chi connectivity index (χ0n) is 11.7. The van der Waals surface area contributed by atoms with E-state index < -0.39 is 0 Å². The van der Waals surface area contributed by atoms with Crippen molar-refractivity contribution >= 4 is 11.0 Å². The Kier molecular flexibility index (Phi) is 2.89. The van der Waals surface area contributed by atoms with Crippen molar-refractivity contribution in [1.29, 1.82) is 0 Å². The number of aromatic amines is 2. The van der Waals surface area contributed by atoms with Crippen LogP contribution in [-0.2, 0) is 0 Å². The molecule has 3 aromatic rings. The summed E-state index contributed by atoms with van der Waals surface area (Å²) >= 11 is 0. The van der Waals surface area contributed by atoms with Gasteiger partial charge in [0.05, 0.1) is 5.69 Å². The summed E-state index contributed by atoms with van der Waals surface area (Å²) in [6.45, 7) is 5.90. The number of hydrogen-bond donors (Lipinski definition) is 2. The number of benzene rings is 1. The number of nitrogens with one attached hydrogen (secondary N) is 2. The van der Waals surface area contributed by atoms with Gasteiger partial charge in [0, 0.05) is 5.92 Å². The maximum absolute atomic E-state index is 11.8. The van der Waals surface area contributed by atoms with Crippen LogP contribution in [0.5, 0.6) is 0 Å². The van der Waals surface area contributed by atoms with Gasteiger partial charge in [0.1, 0.15) is 16.9 Å². The number of hydrogen-bond acceptors (Lipinski definition) is 3. The summed E-state index contributed by atoms with van der Waals surface area (Å²) in [5, 5.41) is 7.08. The maximum atomic E-state index is 11.8. The van der Waals surface area contributed by atoms with Gasteiger partial charge in [0.15, 0.2) is 0 Å². The molecule has 0 spiro atoms. The zero-order chi connectivity index (χ0) is 14.3. The molecule has 20 heavy (non-hydrogen) atoms. The summed E-state index contributed by atoms with van der Waals surface area (Å²) in [7, 11) is 0. The number of H-pyrrole nitrogens is 2. The highest BCUT2D eigenvalue weighted by Crippen LogP contribution is 2.26. The highest BCUT2D eigenvalue weighted by Gasteiger charge is 2.18. The predicted molar refractivity (Wildman–Crippen MR) is 77.9 cm³/mol. The van der Waals surface area contributed by atoms with E-state index in [1.54, 1.807) is 6.92 Å². The third-order valence-corrected chi connectivity index (χ3v) is 3.56. The van der Waals surface area contributed by atoms with E-state index in [0.29, 0.717) is 16.9 Å². The molecule has 5 nitrogen and oxygen atoms in total. The summed E-state index contributed by atoms with van der Waals surface area (Å²) in [5.74, 6) is 0.680. The summed E-state index contributed by atoms with van der Waals surface area (Å²) < 4.78 is 0. The molecular formula is C15H16N4O. The second kappa shape index (κ2) is 4.59. The standard InChI is InChI=1S/C15H16N4O/c1-8-4-6-11(7-5-8)9(2)12-13-14(19-18-12)15(20)17-10(3)16-13/h4-7,9H,1-3H3,(H,18,19)(H,16,17,20)/t9-/m1/s1. The minimum absolute atomic E-state index is 0.0815. The molecule has 3 rings (SSSR count). The van der Waals surface area contributed by atoms with E-state index in [0.717, 1.165) is 11.3 Å². The third kappa shape index (κ3) is 2.01. The van der Waals surface area contributed by atoms with Gasteiger partial charge in [-0.3, -0.25) is 9.89 Å². The number of nitrogens with zero attached hydrogens (tertiary/aromatic N) is 2. The van der Waals surface area contributed by atoms with E-state index >= 15 is 0 Å². The molecule has 0 amide bonds. The molecule has 0 unspecified atom stereocenters. The van der Waals surface area contributed by atoms with Crippen LogP contribution in [0.4, 0.5) is 0 Å². The molecule has 1 aromatic carbocycles. The Morgan fingerprint density at radius 1 is 1.15 bits per heavy atom. The number of aromatic nitrogens is 4. The average molecular weight is 268 g/mol. The molecule has 0 aliphatic heterocycles. The fourth-order valence-electron chi connectivity index (χ4n) is 2.36. The van der Waals surface area contributed by atoms with Crippen molar-refractivity contribution in [2.24, 2.45) is 0 Å². The average Bonchev–Trinajstić information content (AvgIpc) is 2.82. The number of rotatable bonds is 2. The van der Waals surface area contributed by atoms with Gasteiger partial charge in [0.2, 0.25) is 0 Å². The van der Waals surface area contributed by atoms with Crippen LogP contribution in [0, 0.1) is 13.8 Å². The quantitative estimate of drug-likeness (QED) is 0.749. The van der Waals surface area contributed by atoms with Gasteiger partial charge in [0.25, 0.3) is 5.56 Å². The number of fused-ring (bicyclic) bond motifs is 1. The molecule has 0 radical (unpaired) electrons. The summed E-state index contributed by atoms with van der Waals surface area (Å²) in [6, 6.07) is 8.32. The van der Waals surface area contributed by atoms with Gasteiger partial charge < -0.3 is 4.98 Å². The van der Waals surface area contributed by atoms with E-state index in [-0.39, 0.29) is 11.5 Å². The van der Waals surface area contributed by atoms with E-state index in [1.807, 2.05) is 0 Å². The lowest BCUT2D eigenvalue weighted by Gasteiger charge is -2.09. The van der Waals surface area contributed by atoms with Gasteiger partial charge in [-0.15, -0.1) is 0 Å². The molecule has 0 aliphatic carbocycles. The van der Waals surface area contributed by atoms with Crippen molar-refractivity contribution in [1.82, 2.24) is 20.2 Å². The molecule has 2 aromatic heterocycles. The third-order valence-electron chi connectivity index (χ3n) is 3.56. The van der Waals surface area contributed by atoms with Crippen LogP contribution < -0.4 is 5.56 Å². The molecule has 5 heteroatoms. The topological polar surface area (TPSA) is 74.4 Å². The zero-order valence-corrected chi connectivity index (χ0v) is 11.7. The van der Waals surface area contributed by atoms with Crippen molar-refractivity contribution in [3.8, 4) is 0 Å². The Morgan fingerprint density at radius 2 is 1.85 bits per heavy atom. The van der Waals surface area contributed by atoms with E-state index in [2.05, 4.69) is 58.3 Å². The van der Waals surface area contributed by atoms with Crippen LogP contribution in [0.3, 0.4) is 0 Å². The second-order valence-electron chi connectivity index (χ2n) is 5.12. The first-order valence-corrected chi connectivity index (χ1v) is 6.57. The molecule has 2 heterocycles. The van der Waals surface area contributed by atoms with E-state index in [4.69, 9.17) is 0 Å². The molecule has 102 valence electrons. The minimum Gasteiger partial charge on any atom is -0.309 e. The molecular weight excluding hydrogens is 252 g/mol. The van der Waals surface area contributed by atoms with Crippen LogP contribution in [0.15, 0.2) is 29.1 Å². The smallest absolute Gasteiger partial charge is 0.276 e. The van der Waals surface area contributed by atoms with E-state index in [9.17, 15) is 4.79 Å². The van der Waals surface area contributed by atoms with Crippen molar-refractivity contribution in [3.05, 3.63) is 57.3 Å². The largest absolute Gasteiger partial charge is 0.309 e. The van der Waals surface area contributed by atoms with Crippen molar-refractivity contribution in [2.45, 2.75) is 26.7 Å². The lowest BCUT2D eigenvalue weighted by molar-refractivity contribution is 0.858. The lowest BCUT2D eigenvalue weighted by atomic mass is 9.96. The van der Waals surface area contributed by atoms with E-state index in [1.165, 1.54) is 5.56 Å². The maximum Gasteiger partial charge on any atom is 0.276 e. The van der Waals surface area contributed by atoms with Crippen molar-refractivity contribution < 1.29 is 0 Å². The first-order chi connectivity index (χ1) is 9.56. The normalized spacial score (nSPS) is 12.8. The Bertz CT molecular complexity index is 814. The van der Waals surface area contributed by atoms with Crippen LogP contribution in [0.25, 0.3) is 11.0 Å². The second-order valence-corrected chi connectivity index (χ2v) is 5.12. The van der Waals surface area contributed by atoms with Crippen molar-refractivity contribution in [2.75, 3.05) is 0 Å². The van der Waals surface area contributed by atoms with Gasteiger partial charge >= 0.3 is 0 Å². The van der Waals surface area contributed by atoms with Gasteiger partial charge in [-0.2, -0.15) is 5.10 Å². The van der Waals surface area contributed by atoms with Crippen LogP contribution >= 0.6 is 0 Å². The molecule has 0 bridgehead atoms. The van der Waals surface area contributed by atoms with Gasteiger partial charge in [-0.05, 0) is 19.4 Å². The molecule has 0 saturated carbocycles. The molecule has 0 aliphatic rings. The Labute approximate surface area is 116 Å². The Morgan fingerprint density at radius 3 is 2.55 bits per heavy atom. The number of aryl methyl sites for hydroxylation is 2. The lowest BCUT2D eigenvalue weighted by Crippen LogP contribution is -2.09. The highest BCUT2D eigenvalue weighted by atomic mass is 16.1. The van der Waals surface area contributed by atoms with Crippen molar-refractivity contribution in [3.63, 3.8) is 0 Å². The van der Waals surface area contributed by atoms with Gasteiger partial charge in [-0.1, -0.05) is 36.8 Å². The summed E-state index contributed by atoms with van der Waals surface area (Å²) in [6.07, 6.45) is 0. The monoisotopic (exact) mass is 268 g/mol. The first-order valence-electron chi connectivity index (χ1n) is 6.57. The molecule has 2 N–H and O–H groups in total. The predicted octanol–water partition coefficient (Wildman–Crippen LogP) is 2.41. The van der Waals surface area contributed by atoms with Gasteiger partial charge in [-0.25, -0.2) is 4.98 Å². The van der Waals surface area contributed by atoms with Crippen LogP contribution in [0.2, 0.25) is 0 Å². The molecule has 0 fully saturated rings. The fraction of sp³-hybridized carbons (Fsp3) is 0.267. The minimum atomic E-state index is -0.178.